The molecule has 0 aliphatic carbocycles. The van der Waals surface area contributed by atoms with E-state index in [0.717, 1.165) is 37.7 Å². The lowest BCUT2D eigenvalue weighted by molar-refractivity contribution is -0.132. The average molecular weight is 357 g/mol. The fourth-order valence-electron chi connectivity index (χ4n) is 2.16. The average Bonchev–Trinajstić information content (AvgIpc) is 2.57. The van der Waals surface area contributed by atoms with Gasteiger partial charge in [-0.25, -0.2) is 10.0 Å². The second-order valence-electron chi connectivity index (χ2n) is 5.85. The van der Waals surface area contributed by atoms with Gasteiger partial charge in [0.2, 0.25) is 5.91 Å². The standard InChI is InChI=1S/C17H28NO5P/c1-3-4-5-7-10-15(2)17(19)18-23-24(20,21)22-14-13-16-11-8-6-9-12-16/h6,8-9,11-12,15H,3-5,7,10,13-14H2,1-2H3,(H,18,19)(H,20,21). The summed E-state index contributed by atoms with van der Waals surface area (Å²) in [5, 5.41) is 0. The van der Waals surface area contributed by atoms with Gasteiger partial charge < -0.3 is 4.89 Å². The zero-order valence-electron chi connectivity index (χ0n) is 14.4. The topological polar surface area (TPSA) is 84.9 Å². The largest absolute Gasteiger partial charge is 0.493 e. The van der Waals surface area contributed by atoms with E-state index < -0.39 is 13.7 Å². The van der Waals surface area contributed by atoms with Crippen molar-refractivity contribution in [3.63, 3.8) is 0 Å². The molecular weight excluding hydrogens is 329 g/mol. The van der Waals surface area contributed by atoms with E-state index in [4.69, 9.17) is 4.52 Å². The van der Waals surface area contributed by atoms with Crippen molar-refractivity contribution < 1.29 is 23.4 Å². The third-order valence-electron chi connectivity index (χ3n) is 3.69. The molecular formula is C17H28NO5P. The summed E-state index contributed by atoms with van der Waals surface area (Å²) in [6, 6.07) is 9.45. The molecule has 136 valence electrons. The number of benzene rings is 1. The summed E-state index contributed by atoms with van der Waals surface area (Å²) in [6.45, 7) is 3.92. The molecule has 2 atom stereocenters. The number of carbonyl (C=O) groups is 1. The number of phosphoric acid groups is 1. The number of unbranched alkanes of at least 4 members (excludes halogenated alkanes) is 3. The van der Waals surface area contributed by atoms with Gasteiger partial charge in [0.1, 0.15) is 0 Å². The first kappa shape index (κ1) is 20.8. The summed E-state index contributed by atoms with van der Waals surface area (Å²) in [4.78, 5) is 21.4. The van der Waals surface area contributed by atoms with Crippen LogP contribution in [0.2, 0.25) is 0 Å². The quantitative estimate of drug-likeness (QED) is 0.335. The Morgan fingerprint density at radius 2 is 1.96 bits per heavy atom. The smallest absolute Gasteiger partial charge is 0.301 e. The predicted molar refractivity (Wildman–Crippen MR) is 93.1 cm³/mol. The lowest BCUT2D eigenvalue weighted by Gasteiger charge is -2.15. The van der Waals surface area contributed by atoms with Gasteiger partial charge in [-0.1, -0.05) is 69.9 Å². The fourth-order valence-corrected chi connectivity index (χ4v) is 2.74. The summed E-state index contributed by atoms with van der Waals surface area (Å²) in [5.41, 5.74) is 3.02. The van der Waals surface area contributed by atoms with E-state index in [0.29, 0.717) is 6.42 Å². The van der Waals surface area contributed by atoms with E-state index in [1.807, 2.05) is 35.8 Å². The molecule has 0 radical (unpaired) electrons. The summed E-state index contributed by atoms with van der Waals surface area (Å²) in [6.07, 6.45) is 5.52. The van der Waals surface area contributed by atoms with Gasteiger partial charge in [-0.05, 0) is 18.4 Å². The molecule has 1 aromatic carbocycles. The number of carbonyl (C=O) groups excluding carboxylic acids is 1. The molecule has 2 N–H and O–H groups in total. The predicted octanol–water partition coefficient (Wildman–Crippen LogP) is 4.00. The van der Waals surface area contributed by atoms with Crippen LogP contribution in [0.5, 0.6) is 0 Å². The molecule has 0 bridgehead atoms. The SMILES string of the molecule is CCCCCCC(C)C(=O)NOP(=O)(O)OCCc1ccccc1. The summed E-state index contributed by atoms with van der Waals surface area (Å²) >= 11 is 0. The van der Waals surface area contributed by atoms with E-state index in [-0.39, 0.29) is 12.5 Å². The van der Waals surface area contributed by atoms with Crippen LogP contribution in [-0.4, -0.2) is 17.4 Å². The van der Waals surface area contributed by atoms with Crippen molar-refractivity contribution in [1.82, 2.24) is 5.48 Å². The summed E-state index contributed by atoms with van der Waals surface area (Å²) in [7, 11) is -4.29. The van der Waals surface area contributed by atoms with Crippen LogP contribution in [0.3, 0.4) is 0 Å². The highest BCUT2D eigenvalue weighted by Gasteiger charge is 2.24. The van der Waals surface area contributed by atoms with Crippen LogP contribution in [0.1, 0.15) is 51.5 Å². The van der Waals surface area contributed by atoms with Gasteiger partial charge in [-0.15, -0.1) is 0 Å². The minimum absolute atomic E-state index is 0.0280. The molecule has 0 heterocycles. The molecule has 1 amide bonds. The van der Waals surface area contributed by atoms with Crippen molar-refractivity contribution in [2.24, 2.45) is 5.92 Å². The Morgan fingerprint density at radius 1 is 1.25 bits per heavy atom. The molecule has 0 spiro atoms. The number of amides is 1. The summed E-state index contributed by atoms with van der Waals surface area (Å²) in [5.74, 6) is -0.682. The Bertz CT molecular complexity index is 523. The Kier molecular flexibility index (Phi) is 9.88. The minimum Gasteiger partial charge on any atom is -0.301 e. The lowest BCUT2D eigenvalue weighted by Crippen LogP contribution is -2.28. The Morgan fingerprint density at radius 3 is 2.62 bits per heavy atom. The monoisotopic (exact) mass is 357 g/mol. The van der Waals surface area contributed by atoms with Gasteiger partial charge in [-0.2, -0.15) is 4.62 Å². The molecule has 2 unspecified atom stereocenters. The summed E-state index contributed by atoms with van der Waals surface area (Å²) < 4.78 is 21.1. The van der Waals surface area contributed by atoms with Gasteiger partial charge >= 0.3 is 7.82 Å². The van der Waals surface area contributed by atoms with Crippen molar-refractivity contribution in [3.05, 3.63) is 35.9 Å². The lowest BCUT2D eigenvalue weighted by atomic mass is 10.0. The Balaban J connectivity index is 2.23. The van der Waals surface area contributed by atoms with Gasteiger partial charge in [0.05, 0.1) is 6.61 Å². The third-order valence-corrected chi connectivity index (χ3v) is 4.52. The second-order valence-corrected chi connectivity index (χ2v) is 7.22. The van der Waals surface area contributed by atoms with Gasteiger partial charge in [0.15, 0.2) is 0 Å². The zero-order chi connectivity index (χ0) is 17.8. The van der Waals surface area contributed by atoms with E-state index >= 15 is 0 Å². The van der Waals surface area contributed by atoms with Gasteiger partial charge in [-0.3, -0.25) is 9.32 Å². The highest BCUT2D eigenvalue weighted by atomic mass is 31.2. The van der Waals surface area contributed by atoms with Gasteiger partial charge in [0.25, 0.3) is 0 Å². The minimum atomic E-state index is -4.29. The first-order valence-electron chi connectivity index (χ1n) is 8.44. The van der Waals surface area contributed by atoms with E-state index in [2.05, 4.69) is 11.5 Å². The van der Waals surface area contributed by atoms with Crippen molar-refractivity contribution in [3.8, 4) is 0 Å². The highest BCUT2D eigenvalue weighted by Crippen LogP contribution is 2.41. The Labute approximate surface area is 144 Å². The molecule has 1 aromatic rings. The van der Waals surface area contributed by atoms with Crippen LogP contribution in [0.15, 0.2) is 30.3 Å². The van der Waals surface area contributed by atoms with E-state index in [1.54, 1.807) is 6.92 Å². The van der Waals surface area contributed by atoms with Crippen LogP contribution >= 0.6 is 7.82 Å². The fraction of sp³-hybridized carbons (Fsp3) is 0.588. The highest BCUT2D eigenvalue weighted by molar-refractivity contribution is 7.47. The van der Waals surface area contributed by atoms with Crippen molar-refractivity contribution in [1.29, 1.82) is 0 Å². The molecule has 0 saturated heterocycles. The number of hydrogen-bond donors (Lipinski definition) is 2. The molecule has 6 nitrogen and oxygen atoms in total. The molecule has 0 saturated carbocycles. The molecule has 0 fully saturated rings. The first-order valence-corrected chi connectivity index (χ1v) is 9.94. The van der Waals surface area contributed by atoms with Crippen molar-refractivity contribution in [2.75, 3.05) is 6.61 Å². The Hall–Kier alpha value is -1.20. The van der Waals surface area contributed by atoms with Crippen LogP contribution in [0.25, 0.3) is 0 Å². The van der Waals surface area contributed by atoms with Crippen molar-refractivity contribution in [2.45, 2.75) is 52.4 Å². The first-order chi connectivity index (χ1) is 11.4. The normalized spacial score (nSPS) is 14.8. The number of nitrogens with one attached hydrogen (secondary N) is 1. The molecule has 1 rings (SSSR count). The maximum Gasteiger partial charge on any atom is 0.493 e. The number of hydrogen-bond acceptors (Lipinski definition) is 4. The second kappa shape index (κ2) is 11.4. The molecule has 0 aliphatic rings. The molecule has 0 aliphatic heterocycles. The molecule has 7 heteroatoms. The number of phosphoric ester groups is 1. The van der Waals surface area contributed by atoms with Crippen LogP contribution in [-0.2, 0) is 24.9 Å². The maximum absolute atomic E-state index is 11.8. The van der Waals surface area contributed by atoms with E-state index in [1.165, 1.54) is 0 Å². The van der Waals surface area contributed by atoms with Crippen LogP contribution < -0.4 is 5.48 Å². The third kappa shape index (κ3) is 9.18. The van der Waals surface area contributed by atoms with Gasteiger partial charge in [0, 0.05) is 5.92 Å². The van der Waals surface area contributed by atoms with E-state index in [9.17, 15) is 14.3 Å². The van der Waals surface area contributed by atoms with Crippen molar-refractivity contribution >= 4 is 13.7 Å². The number of hydroxylamine groups is 1. The molecule has 24 heavy (non-hydrogen) atoms. The maximum atomic E-state index is 11.8. The van der Waals surface area contributed by atoms with Crippen LogP contribution in [0, 0.1) is 5.92 Å². The zero-order valence-corrected chi connectivity index (χ0v) is 15.3. The van der Waals surface area contributed by atoms with Crippen LogP contribution in [0.4, 0.5) is 0 Å². The number of rotatable bonds is 12. The molecule has 0 aromatic heterocycles.